The van der Waals surface area contributed by atoms with E-state index in [1.807, 2.05) is 4.90 Å². The Labute approximate surface area is 138 Å². The molecule has 2 heterocycles. The van der Waals surface area contributed by atoms with Crippen molar-refractivity contribution >= 4 is 34.7 Å². The van der Waals surface area contributed by atoms with Crippen LogP contribution in [-0.4, -0.2) is 35.7 Å². The van der Waals surface area contributed by atoms with Gasteiger partial charge >= 0.3 is 0 Å². The summed E-state index contributed by atoms with van der Waals surface area (Å²) in [5.74, 6) is 1.54. The van der Waals surface area contributed by atoms with Gasteiger partial charge in [-0.1, -0.05) is 12.0 Å². The van der Waals surface area contributed by atoms with Crippen LogP contribution >= 0.6 is 11.8 Å². The lowest BCUT2D eigenvalue weighted by molar-refractivity contribution is -0.122. The van der Waals surface area contributed by atoms with E-state index in [1.54, 1.807) is 12.1 Å². The molecule has 3 rings (SSSR count). The number of carbonyl (C=O) groups is 2. The standard InChI is InChI=1S/C17H15FN2O2S/c1-2-7-20-16(21)15(23-17(20)22)11-12-5-6-14(13(18)10-12)19-8-3-4-9-19/h1,5-6,10-11H,3-4,7-9H2/b15-11-. The Morgan fingerprint density at radius 2 is 2.04 bits per heavy atom. The molecule has 2 saturated heterocycles. The third-order valence-corrected chi connectivity index (χ3v) is 4.75. The molecule has 0 spiro atoms. The summed E-state index contributed by atoms with van der Waals surface area (Å²) in [6.45, 7) is 1.67. The molecule has 118 valence electrons. The largest absolute Gasteiger partial charge is 0.369 e. The fraction of sp³-hybridized carbons (Fsp3) is 0.294. The summed E-state index contributed by atoms with van der Waals surface area (Å²) in [4.78, 5) is 27.1. The Hall–Kier alpha value is -2.26. The second kappa shape index (κ2) is 6.47. The molecule has 2 fully saturated rings. The predicted molar refractivity (Wildman–Crippen MR) is 89.4 cm³/mol. The summed E-state index contributed by atoms with van der Waals surface area (Å²) in [5.41, 5.74) is 1.14. The lowest BCUT2D eigenvalue weighted by Gasteiger charge is -2.18. The minimum absolute atomic E-state index is 0.0513. The number of imide groups is 1. The summed E-state index contributed by atoms with van der Waals surface area (Å²) in [5, 5.41) is -0.395. The number of carbonyl (C=O) groups excluding carboxylic acids is 2. The van der Waals surface area contributed by atoms with Gasteiger partial charge in [-0.15, -0.1) is 6.42 Å². The number of hydrogen-bond acceptors (Lipinski definition) is 4. The van der Waals surface area contributed by atoms with Gasteiger partial charge in [-0.05, 0) is 48.4 Å². The molecule has 6 heteroatoms. The van der Waals surface area contributed by atoms with Gasteiger partial charge in [0.1, 0.15) is 5.82 Å². The first-order chi connectivity index (χ1) is 11.1. The minimum Gasteiger partial charge on any atom is -0.369 e. The first kappa shape index (κ1) is 15.6. The lowest BCUT2D eigenvalue weighted by Crippen LogP contribution is -2.28. The van der Waals surface area contributed by atoms with Crippen LogP contribution in [0.15, 0.2) is 23.1 Å². The summed E-state index contributed by atoms with van der Waals surface area (Å²) in [6, 6.07) is 4.87. The van der Waals surface area contributed by atoms with Crippen molar-refractivity contribution in [2.24, 2.45) is 0 Å². The number of nitrogens with zero attached hydrogens (tertiary/aromatic N) is 2. The topological polar surface area (TPSA) is 40.6 Å². The Balaban J connectivity index is 1.83. The van der Waals surface area contributed by atoms with Crippen LogP contribution in [-0.2, 0) is 4.79 Å². The van der Waals surface area contributed by atoms with Crippen molar-refractivity contribution in [3.63, 3.8) is 0 Å². The summed E-state index contributed by atoms with van der Waals surface area (Å²) < 4.78 is 14.3. The highest BCUT2D eigenvalue weighted by atomic mass is 32.2. The van der Waals surface area contributed by atoms with Crippen molar-refractivity contribution in [1.29, 1.82) is 0 Å². The van der Waals surface area contributed by atoms with Gasteiger partial charge in [0, 0.05) is 13.1 Å². The van der Waals surface area contributed by atoms with Crippen molar-refractivity contribution in [1.82, 2.24) is 4.90 Å². The zero-order valence-corrected chi connectivity index (χ0v) is 13.2. The number of rotatable bonds is 3. The van der Waals surface area contributed by atoms with E-state index in [9.17, 15) is 14.0 Å². The van der Waals surface area contributed by atoms with Crippen molar-refractivity contribution < 1.29 is 14.0 Å². The SMILES string of the molecule is C#CCN1C(=O)S/C(=C\c2ccc(N3CCCC3)c(F)c2)C1=O. The molecule has 0 atom stereocenters. The van der Waals surface area contributed by atoms with Gasteiger partial charge < -0.3 is 4.90 Å². The van der Waals surface area contributed by atoms with Gasteiger partial charge in [-0.3, -0.25) is 14.5 Å². The van der Waals surface area contributed by atoms with Crippen molar-refractivity contribution in [2.45, 2.75) is 12.8 Å². The van der Waals surface area contributed by atoms with Crippen LogP contribution in [0.3, 0.4) is 0 Å². The van der Waals surface area contributed by atoms with Gasteiger partial charge in [0.05, 0.1) is 17.1 Å². The van der Waals surface area contributed by atoms with Gasteiger partial charge in [0.15, 0.2) is 0 Å². The van der Waals surface area contributed by atoms with Gasteiger partial charge in [-0.2, -0.15) is 0 Å². The summed E-state index contributed by atoms with van der Waals surface area (Å²) in [6.07, 6.45) is 8.82. The molecule has 1 aromatic carbocycles. The molecule has 2 aliphatic heterocycles. The van der Waals surface area contributed by atoms with Gasteiger partial charge in [0.25, 0.3) is 11.1 Å². The van der Waals surface area contributed by atoms with E-state index in [0.29, 0.717) is 11.3 Å². The smallest absolute Gasteiger partial charge is 0.294 e. The molecule has 1 aromatic rings. The fourth-order valence-corrected chi connectivity index (χ4v) is 3.54. The Morgan fingerprint density at radius 1 is 1.30 bits per heavy atom. The van der Waals surface area contributed by atoms with E-state index in [2.05, 4.69) is 5.92 Å². The molecule has 0 radical (unpaired) electrons. The number of terminal acetylenes is 1. The monoisotopic (exact) mass is 330 g/mol. The number of amides is 2. The predicted octanol–water partition coefficient (Wildman–Crippen LogP) is 3.10. The number of benzene rings is 1. The normalized spacial score (nSPS) is 19.7. The van der Waals surface area contributed by atoms with Crippen molar-refractivity contribution in [2.75, 3.05) is 24.5 Å². The average Bonchev–Trinajstić information content (AvgIpc) is 3.13. The van der Waals surface area contributed by atoms with Crippen molar-refractivity contribution in [3.05, 3.63) is 34.5 Å². The van der Waals surface area contributed by atoms with Crippen LogP contribution in [0, 0.1) is 18.2 Å². The number of anilines is 1. The molecule has 0 saturated carbocycles. The van der Waals surface area contributed by atoms with Gasteiger partial charge in [0.2, 0.25) is 0 Å². The molecule has 0 N–H and O–H groups in total. The first-order valence-corrected chi connectivity index (χ1v) is 8.15. The third kappa shape index (κ3) is 3.10. The quantitative estimate of drug-likeness (QED) is 0.631. The van der Waals surface area contributed by atoms with Gasteiger partial charge in [-0.25, -0.2) is 4.39 Å². The highest BCUT2D eigenvalue weighted by Crippen LogP contribution is 2.32. The van der Waals surface area contributed by atoms with Crippen LogP contribution in [0.2, 0.25) is 0 Å². The third-order valence-electron chi connectivity index (χ3n) is 3.84. The molecule has 0 aromatic heterocycles. The average molecular weight is 330 g/mol. The summed E-state index contributed by atoms with van der Waals surface area (Å²) in [7, 11) is 0. The van der Waals surface area contributed by atoms with E-state index < -0.39 is 11.1 Å². The second-order valence-electron chi connectivity index (χ2n) is 5.38. The number of hydrogen-bond donors (Lipinski definition) is 0. The molecule has 0 bridgehead atoms. The van der Waals surface area contributed by atoms with Crippen LogP contribution in [0.25, 0.3) is 6.08 Å². The zero-order chi connectivity index (χ0) is 16.4. The molecule has 2 amide bonds. The number of halogens is 1. The van der Waals surface area contributed by atoms with E-state index in [4.69, 9.17) is 6.42 Å². The maximum atomic E-state index is 14.3. The second-order valence-corrected chi connectivity index (χ2v) is 6.37. The fourth-order valence-electron chi connectivity index (χ4n) is 2.71. The van der Waals surface area contributed by atoms with Crippen LogP contribution < -0.4 is 4.90 Å². The molecule has 23 heavy (non-hydrogen) atoms. The van der Waals surface area contributed by atoms with E-state index in [-0.39, 0.29) is 17.3 Å². The Bertz CT molecular complexity index is 733. The van der Waals surface area contributed by atoms with Crippen LogP contribution in [0.1, 0.15) is 18.4 Å². The van der Waals surface area contributed by atoms with E-state index >= 15 is 0 Å². The molecular weight excluding hydrogens is 315 g/mol. The lowest BCUT2D eigenvalue weighted by atomic mass is 10.1. The zero-order valence-electron chi connectivity index (χ0n) is 12.4. The molecule has 4 nitrogen and oxygen atoms in total. The highest BCUT2D eigenvalue weighted by molar-refractivity contribution is 8.18. The Morgan fingerprint density at radius 3 is 2.70 bits per heavy atom. The highest BCUT2D eigenvalue weighted by Gasteiger charge is 2.34. The maximum absolute atomic E-state index is 14.3. The number of thioether (sulfide) groups is 1. The Kier molecular flexibility index (Phi) is 4.39. The summed E-state index contributed by atoms with van der Waals surface area (Å²) >= 11 is 0.822. The molecular formula is C17H15FN2O2S. The van der Waals surface area contributed by atoms with Crippen LogP contribution in [0.4, 0.5) is 14.9 Å². The van der Waals surface area contributed by atoms with E-state index in [0.717, 1.165) is 42.6 Å². The van der Waals surface area contributed by atoms with E-state index in [1.165, 1.54) is 12.1 Å². The van der Waals surface area contributed by atoms with Crippen LogP contribution in [0.5, 0.6) is 0 Å². The first-order valence-electron chi connectivity index (χ1n) is 7.33. The molecule has 0 unspecified atom stereocenters. The molecule has 0 aliphatic carbocycles. The maximum Gasteiger partial charge on any atom is 0.294 e. The minimum atomic E-state index is -0.429. The molecule has 2 aliphatic rings. The van der Waals surface area contributed by atoms with Crippen molar-refractivity contribution in [3.8, 4) is 12.3 Å².